The third-order valence-electron chi connectivity index (χ3n) is 1.19. The Kier molecular flexibility index (Phi) is 5.45. The molecule has 0 aliphatic carbocycles. The molecular weight excluding hydrogens is 154 g/mol. The maximum absolute atomic E-state index is 11.1. The molecule has 1 amide bonds. The molecule has 0 atom stereocenters. The zero-order valence-electron chi connectivity index (χ0n) is 7.35. The highest BCUT2D eigenvalue weighted by atomic mass is 16.1. The molecule has 4 heteroatoms. The molecule has 0 saturated carbocycles. The van der Waals surface area contributed by atoms with E-state index in [0.29, 0.717) is 6.54 Å². The van der Waals surface area contributed by atoms with Crippen LogP contribution in [0.3, 0.4) is 0 Å². The Balaban J connectivity index is 4.07. The number of nitriles is 1. The van der Waals surface area contributed by atoms with Gasteiger partial charge in [0.15, 0.2) is 0 Å². The van der Waals surface area contributed by atoms with E-state index < -0.39 is 0 Å². The summed E-state index contributed by atoms with van der Waals surface area (Å²) in [6.45, 7) is 2.55. The summed E-state index contributed by atoms with van der Waals surface area (Å²) in [4.78, 5) is 11.1. The van der Waals surface area contributed by atoms with Crippen molar-refractivity contribution >= 4 is 5.91 Å². The van der Waals surface area contributed by atoms with Crippen molar-refractivity contribution in [2.24, 2.45) is 0 Å². The number of carbonyl (C=O) groups is 1. The van der Waals surface area contributed by atoms with Gasteiger partial charge in [-0.05, 0) is 6.42 Å². The van der Waals surface area contributed by atoms with Crippen LogP contribution in [0.1, 0.15) is 13.3 Å². The van der Waals surface area contributed by atoms with E-state index in [0.717, 1.165) is 6.42 Å². The Morgan fingerprint density at radius 2 is 2.33 bits per heavy atom. The first-order valence-electron chi connectivity index (χ1n) is 3.82. The van der Waals surface area contributed by atoms with Crippen molar-refractivity contribution in [3.05, 3.63) is 11.8 Å². The molecule has 0 saturated heterocycles. The predicted molar refractivity (Wildman–Crippen MR) is 46.1 cm³/mol. The standard InChI is InChI=1S/C8H13N3O/c1-3-4-11-8(12)7(5-9)6-10-2/h6,10H,3-4H2,1-2H3,(H,11,12)/b7-6-. The van der Waals surface area contributed by atoms with E-state index >= 15 is 0 Å². The van der Waals surface area contributed by atoms with E-state index in [1.54, 1.807) is 13.1 Å². The molecule has 0 radical (unpaired) electrons. The molecule has 66 valence electrons. The van der Waals surface area contributed by atoms with Gasteiger partial charge in [-0.15, -0.1) is 0 Å². The Hall–Kier alpha value is -1.50. The SMILES string of the molecule is CCCNC(=O)/C(C#N)=C\NC. The largest absolute Gasteiger partial charge is 0.393 e. The summed E-state index contributed by atoms with van der Waals surface area (Å²) in [5.74, 6) is -0.325. The minimum absolute atomic E-state index is 0.103. The first kappa shape index (κ1) is 10.5. The zero-order chi connectivity index (χ0) is 9.40. The van der Waals surface area contributed by atoms with Crippen LogP contribution in [0.2, 0.25) is 0 Å². The monoisotopic (exact) mass is 167 g/mol. The van der Waals surface area contributed by atoms with Gasteiger partial charge in [-0.2, -0.15) is 5.26 Å². The topological polar surface area (TPSA) is 64.9 Å². The van der Waals surface area contributed by atoms with E-state index in [4.69, 9.17) is 5.26 Å². The van der Waals surface area contributed by atoms with Gasteiger partial charge in [0.05, 0.1) is 0 Å². The van der Waals surface area contributed by atoms with Crippen molar-refractivity contribution in [2.75, 3.05) is 13.6 Å². The number of nitrogens with one attached hydrogen (secondary N) is 2. The van der Waals surface area contributed by atoms with Crippen LogP contribution >= 0.6 is 0 Å². The van der Waals surface area contributed by atoms with E-state index in [-0.39, 0.29) is 11.5 Å². The molecule has 0 fully saturated rings. The van der Waals surface area contributed by atoms with Gasteiger partial charge in [0.2, 0.25) is 0 Å². The molecule has 0 aromatic carbocycles. The highest BCUT2D eigenvalue weighted by molar-refractivity contribution is 5.97. The van der Waals surface area contributed by atoms with Gasteiger partial charge in [-0.1, -0.05) is 6.92 Å². The van der Waals surface area contributed by atoms with Crippen molar-refractivity contribution < 1.29 is 4.79 Å². The fourth-order valence-corrected chi connectivity index (χ4v) is 0.627. The Morgan fingerprint density at radius 1 is 1.67 bits per heavy atom. The molecule has 2 N–H and O–H groups in total. The van der Waals surface area contributed by atoms with Crippen molar-refractivity contribution in [3.8, 4) is 6.07 Å². The molecular formula is C8H13N3O. The molecule has 0 aromatic heterocycles. The lowest BCUT2D eigenvalue weighted by Crippen LogP contribution is -2.25. The maximum Gasteiger partial charge on any atom is 0.263 e. The Bertz CT molecular complexity index is 215. The molecule has 0 rings (SSSR count). The van der Waals surface area contributed by atoms with E-state index in [2.05, 4.69) is 10.6 Å². The van der Waals surface area contributed by atoms with Crippen molar-refractivity contribution in [3.63, 3.8) is 0 Å². The molecule has 0 unspecified atom stereocenters. The van der Waals surface area contributed by atoms with Crippen LogP contribution in [0.25, 0.3) is 0 Å². The van der Waals surface area contributed by atoms with Crippen LogP contribution < -0.4 is 10.6 Å². The van der Waals surface area contributed by atoms with Gasteiger partial charge in [0.25, 0.3) is 5.91 Å². The van der Waals surface area contributed by atoms with Crippen LogP contribution in [0.5, 0.6) is 0 Å². The fourth-order valence-electron chi connectivity index (χ4n) is 0.627. The van der Waals surface area contributed by atoms with Crippen LogP contribution in [-0.4, -0.2) is 19.5 Å². The van der Waals surface area contributed by atoms with E-state index in [9.17, 15) is 4.79 Å². The summed E-state index contributed by atoms with van der Waals surface area (Å²) in [5.41, 5.74) is 0.103. The highest BCUT2D eigenvalue weighted by Crippen LogP contribution is 1.89. The number of carbonyl (C=O) groups excluding carboxylic acids is 1. The van der Waals surface area contributed by atoms with Crippen molar-refractivity contribution in [1.29, 1.82) is 5.26 Å². The molecule has 4 nitrogen and oxygen atoms in total. The smallest absolute Gasteiger partial charge is 0.263 e. The highest BCUT2D eigenvalue weighted by Gasteiger charge is 2.05. The van der Waals surface area contributed by atoms with E-state index in [1.165, 1.54) is 6.20 Å². The lowest BCUT2D eigenvalue weighted by atomic mass is 10.3. The Morgan fingerprint density at radius 3 is 2.75 bits per heavy atom. The molecule has 0 heterocycles. The molecule has 12 heavy (non-hydrogen) atoms. The van der Waals surface area contributed by atoms with Gasteiger partial charge >= 0.3 is 0 Å². The summed E-state index contributed by atoms with van der Waals surface area (Å²) < 4.78 is 0. The minimum atomic E-state index is -0.325. The lowest BCUT2D eigenvalue weighted by Gasteiger charge is -2.00. The second-order valence-electron chi connectivity index (χ2n) is 2.21. The van der Waals surface area contributed by atoms with Gasteiger partial charge in [-0.3, -0.25) is 4.79 Å². The average molecular weight is 167 g/mol. The normalized spacial score (nSPS) is 10.2. The van der Waals surface area contributed by atoms with Crippen LogP contribution in [0.15, 0.2) is 11.8 Å². The molecule has 0 bridgehead atoms. The van der Waals surface area contributed by atoms with E-state index in [1.807, 2.05) is 6.92 Å². The van der Waals surface area contributed by atoms with Crippen LogP contribution in [0.4, 0.5) is 0 Å². The van der Waals surface area contributed by atoms with Gasteiger partial charge in [0, 0.05) is 19.8 Å². The summed E-state index contributed by atoms with van der Waals surface area (Å²) in [5, 5.41) is 13.7. The minimum Gasteiger partial charge on any atom is -0.393 e. The molecule has 0 aliphatic rings. The van der Waals surface area contributed by atoms with Gasteiger partial charge in [0.1, 0.15) is 11.6 Å². The predicted octanol–water partition coefficient (Wildman–Crippen LogP) is 0.139. The summed E-state index contributed by atoms with van der Waals surface area (Å²) >= 11 is 0. The van der Waals surface area contributed by atoms with Gasteiger partial charge < -0.3 is 10.6 Å². The summed E-state index contributed by atoms with van der Waals surface area (Å²) in [7, 11) is 1.64. The summed E-state index contributed by atoms with van der Waals surface area (Å²) in [6, 6.07) is 1.80. The Labute approximate surface area is 72.3 Å². The van der Waals surface area contributed by atoms with Crippen LogP contribution in [0, 0.1) is 11.3 Å². The quantitative estimate of drug-likeness (QED) is 0.462. The van der Waals surface area contributed by atoms with Crippen molar-refractivity contribution in [1.82, 2.24) is 10.6 Å². The number of rotatable bonds is 4. The second kappa shape index (κ2) is 6.23. The zero-order valence-corrected chi connectivity index (χ0v) is 7.35. The third-order valence-corrected chi connectivity index (χ3v) is 1.19. The third kappa shape index (κ3) is 3.62. The van der Waals surface area contributed by atoms with Crippen LogP contribution in [-0.2, 0) is 4.79 Å². The number of nitrogens with zero attached hydrogens (tertiary/aromatic N) is 1. The molecule has 0 spiro atoms. The second-order valence-corrected chi connectivity index (χ2v) is 2.21. The van der Waals surface area contributed by atoms with Crippen molar-refractivity contribution in [2.45, 2.75) is 13.3 Å². The summed E-state index contributed by atoms with van der Waals surface area (Å²) in [6.07, 6.45) is 2.25. The lowest BCUT2D eigenvalue weighted by molar-refractivity contribution is -0.117. The number of hydrogen-bond donors (Lipinski definition) is 2. The van der Waals surface area contributed by atoms with Gasteiger partial charge in [-0.25, -0.2) is 0 Å². The fraction of sp³-hybridized carbons (Fsp3) is 0.500. The number of amides is 1. The maximum atomic E-state index is 11.1. The molecule has 0 aliphatic heterocycles. The number of hydrogen-bond acceptors (Lipinski definition) is 3. The molecule has 0 aromatic rings. The average Bonchev–Trinajstić information content (AvgIpc) is 2.10. The first-order chi connectivity index (χ1) is 5.76. The first-order valence-corrected chi connectivity index (χ1v) is 3.82.